The number of benzene rings is 1. The second kappa shape index (κ2) is 6.05. The second-order valence-electron chi connectivity index (χ2n) is 4.96. The molecule has 0 aliphatic carbocycles. The molecule has 1 aliphatic rings. The van der Waals surface area contributed by atoms with Gasteiger partial charge in [-0.15, -0.1) is 0 Å². The summed E-state index contributed by atoms with van der Waals surface area (Å²) < 4.78 is 47.5. The third-order valence-corrected chi connectivity index (χ3v) is 4.94. The first-order valence-corrected chi connectivity index (χ1v) is 8.01. The van der Waals surface area contributed by atoms with Crippen LogP contribution in [0.3, 0.4) is 0 Å². The summed E-state index contributed by atoms with van der Waals surface area (Å²) in [4.78, 5) is 1.81. The number of anilines is 1. The maximum absolute atomic E-state index is 12.4. The van der Waals surface area contributed by atoms with Gasteiger partial charge in [0.15, 0.2) is 0 Å². The molecule has 0 amide bonds. The van der Waals surface area contributed by atoms with E-state index in [9.17, 15) is 17.2 Å². The smallest absolute Gasteiger partial charge is 0.341 e. The van der Waals surface area contributed by atoms with E-state index in [2.05, 4.69) is 10.2 Å². The van der Waals surface area contributed by atoms with Gasteiger partial charge in [-0.1, -0.05) is 0 Å². The van der Waals surface area contributed by atoms with E-state index in [1.807, 2.05) is 7.05 Å². The van der Waals surface area contributed by atoms with Crippen LogP contribution in [0.1, 0.15) is 6.42 Å². The first kappa shape index (κ1) is 15.2. The molecule has 1 unspecified atom stereocenters. The average Bonchev–Trinajstić information content (AvgIpc) is 2.88. The van der Waals surface area contributed by atoms with E-state index in [0.29, 0.717) is 5.92 Å². The maximum atomic E-state index is 12.4. The Morgan fingerprint density at radius 3 is 2.55 bits per heavy atom. The largest absolute Gasteiger partial charge is 0.371 e. The van der Waals surface area contributed by atoms with Gasteiger partial charge in [0.05, 0.1) is 4.90 Å². The monoisotopic (exact) mass is 304 g/mol. The molecular formula is C13H18F2N2O2S. The Morgan fingerprint density at radius 1 is 1.35 bits per heavy atom. The van der Waals surface area contributed by atoms with E-state index in [4.69, 9.17) is 0 Å². The van der Waals surface area contributed by atoms with Crippen molar-refractivity contribution < 1.29 is 17.2 Å². The molecule has 1 saturated heterocycles. The lowest BCUT2D eigenvalue weighted by Gasteiger charge is -2.19. The summed E-state index contributed by atoms with van der Waals surface area (Å²) in [5.41, 5.74) is 0.872. The van der Waals surface area contributed by atoms with Gasteiger partial charge in [-0.2, -0.15) is 8.78 Å². The van der Waals surface area contributed by atoms with Crippen LogP contribution < -0.4 is 10.2 Å². The zero-order valence-corrected chi connectivity index (χ0v) is 12.0. The van der Waals surface area contributed by atoms with Crippen LogP contribution in [0.2, 0.25) is 0 Å². The maximum Gasteiger partial charge on any atom is 0.341 e. The SMILES string of the molecule is CNCC1CCN(c2ccc(S(=O)(=O)C(F)F)cc2)C1. The molecule has 0 radical (unpaired) electrons. The normalized spacial score (nSPS) is 19.8. The highest BCUT2D eigenvalue weighted by Gasteiger charge is 2.27. The number of nitrogens with one attached hydrogen (secondary N) is 1. The molecule has 7 heteroatoms. The molecule has 1 aromatic carbocycles. The van der Waals surface area contributed by atoms with Gasteiger partial charge in [0.1, 0.15) is 0 Å². The minimum Gasteiger partial charge on any atom is -0.371 e. The van der Waals surface area contributed by atoms with E-state index in [-0.39, 0.29) is 4.90 Å². The lowest BCUT2D eigenvalue weighted by Crippen LogP contribution is -2.24. The second-order valence-corrected chi connectivity index (χ2v) is 6.88. The van der Waals surface area contributed by atoms with Gasteiger partial charge in [0.2, 0.25) is 9.84 Å². The van der Waals surface area contributed by atoms with Crippen LogP contribution >= 0.6 is 0 Å². The molecule has 0 bridgehead atoms. The Bertz CT molecular complexity index is 546. The van der Waals surface area contributed by atoms with Gasteiger partial charge in [-0.3, -0.25) is 0 Å². The zero-order valence-electron chi connectivity index (χ0n) is 11.2. The van der Waals surface area contributed by atoms with Crippen molar-refractivity contribution in [3.8, 4) is 0 Å². The van der Waals surface area contributed by atoms with Gasteiger partial charge >= 0.3 is 5.76 Å². The number of alkyl halides is 2. The van der Waals surface area contributed by atoms with Crippen LogP contribution in [0, 0.1) is 5.92 Å². The van der Waals surface area contributed by atoms with E-state index in [1.165, 1.54) is 12.1 Å². The molecule has 0 saturated carbocycles. The molecule has 1 fully saturated rings. The first-order valence-electron chi connectivity index (χ1n) is 6.47. The predicted octanol–water partition coefficient (Wildman–Crippen LogP) is 1.73. The van der Waals surface area contributed by atoms with Crippen LogP contribution in [-0.2, 0) is 9.84 Å². The Kier molecular flexibility index (Phi) is 4.59. The van der Waals surface area contributed by atoms with Crippen LogP contribution in [0.15, 0.2) is 29.2 Å². The minimum absolute atomic E-state index is 0.331. The number of sulfone groups is 1. The van der Waals surface area contributed by atoms with Crippen molar-refractivity contribution in [2.24, 2.45) is 5.92 Å². The summed E-state index contributed by atoms with van der Waals surface area (Å²) in [5, 5.41) is 3.13. The summed E-state index contributed by atoms with van der Waals surface area (Å²) in [6.45, 7) is 2.73. The Labute approximate surface area is 117 Å². The Balaban J connectivity index is 2.10. The number of rotatable bonds is 5. The molecule has 1 atom stereocenters. The molecule has 1 aliphatic heterocycles. The summed E-state index contributed by atoms with van der Waals surface area (Å²) in [6, 6.07) is 5.69. The van der Waals surface area contributed by atoms with Crippen molar-refractivity contribution in [3.63, 3.8) is 0 Å². The van der Waals surface area contributed by atoms with E-state index < -0.39 is 15.6 Å². The number of nitrogens with zero attached hydrogens (tertiary/aromatic N) is 1. The van der Waals surface area contributed by atoms with Crippen molar-refractivity contribution in [2.75, 3.05) is 31.6 Å². The van der Waals surface area contributed by atoms with Crippen LogP contribution in [-0.4, -0.2) is 40.9 Å². The quantitative estimate of drug-likeness (QED) is 0.900. The molecule has 20 heavy (non-hydrogen) atoms. The zero-order chi connectivity index (χ0) is 14.8. The lowest BCUT2D eigenvalue weighted by atomic mass is 10.1. The molecule has 2 rings (SSSR count). The topological polar surface area (TPSA) is 49.4 Å². The fourth-order valence-corrected chi connectivity index (χ4v) is 3.19. The summed E-state index contributed by atoms with van der Waals surface area (Å²) in [7, 11) is -2.59. The van der Waals surface area contributed by atoms with E-state index >= 15 is 0 Å². The van der Waals surface area contributed by atoms with Crippen LogP contribution in [0.25, 0.3) is 0 Å². The Morgan fingerprint density at radius 2 is 2.00 bits per heavy atom. The standard InChI is InChI=1S/C13H18F2N2O2S/c1-16-8-10-6-7-17(9-10)11-2-4-12(5-3-11)20(18,19)13(14)15/h2-5,10,13,16H,6-9H2,1H3. The molecule has 1 N–H and O–H groups in total. The summed E-state index contributed by atoms with van der Waals surface area (Å²) >= 11 is 0. The minimum atomic E-state index is -4.50. The molecular weight excluding hydrogens is 286 g/mol. The highest BCUT2D eigenvalue weighted by Crippen LogP contribution is 2.26. The molecule has 1 aromatic rings. The van der Waals surface area contributed by atoms with Crippen molar-refractivity contribution >= 4 is 15.5 Å². The fraction of sp³-hybridized carbons (Fsp3) is 0.538. The number of halogens is 2. The molecule has 1 heterocycles. The predicted molar refractivity (Wildman–Crippen MR) is 73.9 cm³/mol. The molecule has 0 aromatic heterocycles. The summed E-state index contributed by atoms with van der Waals surface area (Å²) in [6.07, 6.45) is 1.07. The summed E-state index contributed by atoms with van der Waals surface area (Å²) in [5.74, 6) is -2.82. The molecule has 4 nitrogen and oxygen atoms in total. The number of hydrogen-bond acceptors (Lipinski definition) is 4. The van der Waals surface area contributed by atoms with Gasteiger partial charge in [-0.05, 0) is 50.2 Å². The molecule has 112 valence electrons. The average molecular weight is 304 g/mol. The third kappa shape index (κ3) is 3.09. The van der Waals surface area contributed by atoms with Gasteiger partial charge in [0.25, 0.3) is 0 Å². The highest BCUT2D eigenvalue weighted by molar-refractivity contribution is 7.91. The van der Waals surface area contributed by atoms with E-state index in [0.717, 1.165) is 31.7 Å². The van der Waals surface area contributed by atoms with Crippen molar-refractivity contribution in [1.29, 1.82) is 0 Å². The first-order chi connectivity index (χ1) is 9.45. The van der Waals surface area contributed by atoms with Crippen molar-refractivity contribution in [3.05, 3.63) is 24.3 Å². The molecule has 0 spiro atoms. The van der Waals surface area contributed by atoms with Gasteiger partial charge < -0.3 is 10.2 Å². The fourth-order valence-electron chi connectivity index (χ4n) is 2.47. The third-order valence-electron chi connectivity index (χ3n) is 3.54. The van der Waals surface area contributed by atoms with Crippen molar-refractivity contribution in [1.82, 2.24) is 5.32 Å². The Hall–Kier alpha value is -1.21. The van der Waals surface area contributed by atoms with Crippen molar-refractivity contribution in [2.45, 2.75) is 17.1 Å². The van der Waals surface area contributed by atoms with Gasteiger partial charge in [0, 0.05) is 18.8 Å². The van der Waals surface area contributed by atoms with Crippen LogP contribution in [0.5, 0.6) is 0 Å². The highest BCUT2D eigenvalue weighted by atomic mass is 32.2. The number of hydrogen-bond donors (Lipinski definition) is 1. The lowest BCUT2D eigenvalue weighted by molar-refractivity contribution is 0.234. The van der Waals surface area contributed by atoms with Crippen LogP contribution in [0.4, 0.5) is 14.5 Å². The van der Waals surface area contributed by atoms with Gasteiger partial charge in [-0.25, -0.2) is 8.42 Å². The van der Waals surface area contributed by atoms with E-state index in [1.54, 1.807) is 12.1 Å².